The normalized spacial score (nSPS) is 14.0. The van der Waals surface area contributed by atoms with Gasteiger partial charge in [-0.2, -0.15) is 10.2 Å². The lowest BCUT2D eigenvalue weighted by molar-refractivity contribution is -0.144. The van der Waals surface area contributed by atoms with Crippen LogP contribution in [0.25, 0.3) is 4.85 Å². The van der Waals surface area contributed by atoms with E-state index in [0.717, 1.165) is 25.3 Å². The first-order valence-corrected chi connectivity index (χ1v) is 16.1. The molecule has 15 heteroatoms. The van der Waals surface area contributed by atoms with Gasteiger partial charge in [-0.15, -0.1) is 0 Å². The molecule has 2 aromatic heterocycles. The van der Waals surface area contributed by atoms with Crippen molar-refractivity contribution in [2.24, 2.45) is 0 Å². The van der Waals surface area contributed by atoms with E-state index in [1.165, 1.54) is 53.5 Å². The van der Waals surface area contributed by atoms with Crippen molar-refractivity contribution in [3.05, 3.63) is 77.9 Å². The van der Waals surface area contributed by atoms with Gasteiger partial charge in [-0.1, -0.05) is 51.5 Å². The Balaban J connectivity index is 1.77. The standard InChI is InChI=1S/C29H39F2N6O6P/c1-3-4-5-6-7-8-9-11-28(38)40-18-19-42-44(39,41-17-15-32-2)43-29(21-36-16-10-14-34-36,22-37-24-33-23-35-37)26-13-12-25(30)20-27(26)31/h10,12-14,16,20,23-24H,3-9,11,15,17-19,21-22H2,1H3. The average molecular weight is 637 g/mol. The summed E-state index contributed by atoms with van der Waals surface area (Å²) in [6.07, 6.45) is 13.3. The SMILES string of the molecule is [C-]#[N+]CCOP(=O)(OCCOC(=O)CCCCCCCCC)OC(Cn1cccn1)(Cn1cncn1)c1ccc(F)cc1F. The Kier molecular flexibility index (Phi) is 14.6. The number of hydrogen-bond acceptors (Lipinski definition) is 9. The van der Waals surface area contributed by atoms with Crippen molar-refractivity contribution in [2.75, 3.05) is 26.4 Å². The second kappa shape index (κ2) is 18.3. The highest BCUT2D eigenvalue weighted by atomic mass is 31.2. The molecule has 2 heterocycles. The van der Waals surface area contributed by atoms with Gasteiger partial charge in [0, 0.05) is 30.4 Å². The quantitative estimate of drug-likeness (QED) is 0.0556. The number of unbranched alkanes of at least 4 members (excludes halogenated alkanes) is 6. The zero-order chi connectivity index (χ0) is 31.7. The van der Waals surface area contributed by atoms with E-state index in [9.17, 15) is 13.8 Å². The molecule has 2 unspecified atom stereocenters. The summed E-state index contributed by atoms with van der Waals surface area (Å²) in [7, 11) is -4.60. The van der Waals surface area contributed by atoms with Crippen molar-refractivity contribution < 1.29 is 36.4 Å². The van der Waals surface area contributed by atoms with E-state index in [2.05, 4.69) is 27.0 Å². The Morgan fingerprint density at radius 1 is 1.02 bits per heavy atom. The molecule has 0 aliphatic heterocycles. The summed E-state index contributed by atoms with van der Waals surface area (Å²) in [6, 6.07) is 4.51. The van der Waals surface area contributed by atoms with Crippen LogP contribution in [-0.2, 0) is 46.4 Å². The topological polar surface area (TPSA) is 124 Å². The summed E-state index contributed by atoms with van der Waals surface area (Å²) < 4.78 is 68.6. The predicted molar refractivity (Wildman–Crippen MR) is 156 cm³/mol. The highest BCUT2D eigenvalue weighted by Crippen LogP contribution is 2.56. The molecule has 0 radical (unpaired) electrons. The molecule has 0 bridgehead atoms. The van der Waals surface area contributed by atoms with Gasteiger partial charge in [0.1, 0.15) is 43.1 Å². The number of phosphoric ester groups is 1. The molecule has 0 aliphatic rings. The molecular weight excluding hydrogens is 597 g/mol. The maximum Gasteiger partial charge on any atom is 0.476 e. The summed E-state index contributed by atoms with van der Waals surface area (Å²) in [4.78, 5) is 19.3. The van der Waals surface area contributed by atoms with E-state index in [0.29, 0.717) is 12.5 Å². The largest absolute Gasteiger partial charge is 0.476 e. The van der Waals surface area contributed by atoms with Gasteiger partial charge >= 0.3 is 13.8 Å². The van der Waals surface area contributed by atoms with Crippen LogP contribution in [0.4, 0.5) is 8.78 Å². The van der Waals surface area contributed by atoms with E-state index in [-0.39, 0.29) is 51.4 Å². The number of carbonyl (C=O) groups is 1. The highest BCUT2D eigenvalue weighted by molar-refractivity contribution is 7.48. The molecule has 3 aromatic rings. The first-order valence-electron chi connectivity index (χ1n) is 14.6. The first kappa shape index (κ1) is 35.0. The smallest absolute Gasteiger partial charge is 0.463 e. The molecule has 0 spiro atoms. The minimum atomic E-state index is -4.60. The lowest BCUT2D eigenvalue weighted by atomic mass is 9.93. The van der Waals surface area contributed by atoms with Gasteiger partial charge in [-0.05, 0) is 18.6 Å². The number of rotatable bonds is 22. The first-order chi connectivity index (χ1) is 21.3. The van der Waals surface area contributed by atoms with Crippen molar-refractivity contribution >= 4 is 13.8 Å². The van der Waals surface area contributed by atoms with E-state index in [1.807, 2.05) is 0 Å². The number of nitrogens with zero attached hydrogens (tertiary/aromatic N) is 6. The molecule has 0 N–H and O–H groups in total. The predicted octanol–water partition coefficient (Wildman–Crippen LogP) is 6.11. The van der Waals surface area contributed by atoms with Crippen molar-refractivity contribution in [3.63, 3.8) is 0 Å². The van der Waals surface area contributed by atoms with Gasteiger partial charge in [0.05, 0.1) is 19.7 Å². The Morgan fingerprint density at radius 3 is 2.45 bits per heavy atom. The zero-order valence-corrected chi connectivity index (χ0v) is 25.7. The number of ether oxygens (including phenoxy) is 1. The number of carbonyl (C=O) groups excluding carboxylic acids is 1. The fourth-order valence-corrected chi connectivity index (χ4v) is 5.95. The van der Waals surface area contributed by atoms with E-state index < -0.39 is 31.0 Å². The van der Waals surface area contributed by atoms with E-state index >= 15 is 4.39 Å². The van der Waals surface area contributed by atoms with Gasteiger partial charge in [-0.25, -0.2) is 29.6 Å². The summed E-state index contributed by atoms with van der Waals surface area (Å²) in [5.74, 6) is -2.23. The summed E-state index contributed by atoms with van der Waals surface area (Å²) >= 11 is 0. The summed E-state index contributed by atoms with van der Waals surface area (Å²) in [5.41, 5.74) is -2.07. The third-order valence-electron chi connectivity index (χ3n) is 6.60. The second-order valence-corrected chi connectivity index (χ2v) is 11.7. The fourth-order valence-electron chi connectivity index (χ4n) is 4.52. The Labute approximate surface area is 256 Å². The molecule has 2 atom stereocenters. The van der Waals surface area contributed by atoms with Crippen molar-refractivity contribution in [2.45, 2.75) is 77.0 Å². The monoisotopic (exact) mass is 636 g/mol. The van der Waals surface area contributed by atoms with E-state index in [4.69, 9.17) is 24.9 Å². The Hall–Kier alpha value is -3.50. The fraction of sp³-hybridized carbons (Fsp3) is 0.552. The molecule has 0 saturated carbocycles. The maximum absolute atomic E-state index is 15.4. The molecule has 0 amide bonds. The van der Waals surface area contributed by atoms with Crippen LogP contribution in [0.15, 0.2) is 49.3 Å². The number of hydrogen-bond donors (Lipinski definition) is 0. The van der Waals surface area contributed by atoms with Crippen LogP contribution in [0.2, 0.25) is 0 Å². The van der Waals surface area contributed by atoms with Gasteiger partial charge < -0.3 is 9.58 Å². The molecule has 44 heavy (non-hydrogen) atoms. The number of halogens is 2. The minimum Gasteiger partial charge on any atom is -0.463 e. The third-order valence-corrected chi connectivity index (χ3v) is 8.17. The number of aromatic nitrogens is 5. The molecule has 240 valence electrons. The molecule has 12 nitrogen and oxygen atoms in total. The van der Waals surface area contributed by atoms with Crippen LogP contribution in [0.1, 0.15) is 63.9 Å². The van der Waals surface area contributed by atoms with Crippen LogP contribution >= 0.6 is 7.82 Å². The highest BCUT2D eigenvalue weighted by Gasteiger charge is 2.46. The number of esters is 1. The molecule has 0 aliphatic carbocycles. The molecule has 1 aromatic carbocycles. The molecule has 3 rings (SSSR count). The van der Waals surface area contributed by atoms with Gasteiger partial charge in [0.2, 0.25) is 6.54 Å². The number of phosphoric acid groups is 1. The van der Waals surface area contributed by atoms with Crippen molar-refractivity contribution in [1.29, 1.82) is 0 Å². The van der Waals surface area contributed by atoms with Gasteiger partial charge in [0.15, 0.2) is 0 Å². The van der Waals surface area contributed by atoms with Crippen LogP contribution in [0.3, 0.4) is 0 Å². The van der Waals surface area contributed by atoms with E-state index in [1.54, 1.807) is 12.3 Å². The summed E-state index contributed by atoms with van der Waals surface area (Å²) in [6.45, 7) is 7.63. The van der Waals surface area contributed by atoms with Crippen LogP contribution in [0.5, 0.6) is 0 Å². The summed E-state index contributed by atoms with van der Waals surface area (Å²) in [5, 5.41) is 8.26. The number of benzene rings is 1. The van der Waals surface area contributed by atoms with Crippen LogP contribution in [0, 0.1) is 18.2 Å². The minimum absolute atomic E-state index is 0.162. The van der Waals surface area contributed by atoms with Gasteiger partial charge in [0.25, 0.3) is 0 Å². The third kappa shape index (κ3) is 11.5. The molecular formula is C29H39F2N6O6P. The molecule has 0 fully saturated rings. The van der Waals surface area contributed by atoms with Crippen molar-refractivity contribution in [1.82, 2.24) is 24.5 Å². The Morgan fingerprint density at radius 2 is 1.77 bits per heavy atom. The van der Waals surface area contributed by atoms with Crippen molar-refractivity contribution in [3.8, 4) is 0 Å². The van der Waals surface area contributed by atoms with Gasteiger partial charge in [-0.3, -0.25) is 23.0 Å². The zero-order valence-electron chi connectivity index (χ0n) is 24.9. The average Bonchev–Trinajstić information content (AvgIpc) is 3.69. The molecule has 0 saturated heterocycles. The lowest BCUT2D eigenvalue weighted by Crippen LogP contribution is -2.40. The maximum atomic E-state index is 15.4. The Bertz CT molecular complexity index is 1320. The van der Waals surface area contributed by atoms with Crippen LogP contribution in [-0.4, -0.2) is 56.9 Å². The van der Waals surface area contributed by atoms with Crippen LogP contribution < -0.4 is 0 Å². The lowest BCUT2D eigenvalue weighted by Gasteiger charge is -2.36. The second-order valence-electron chi connectivity index (χ2n) is 10.1.